The maximum absolute atomic E-state index is 13.2. The molecule has 1 aliphatic heterocycles. The molecule has 1 fully saturated rings. The summed E-state index contributed by atoms with van der Waals surface area (Å²) in [4.78, 5) is 22.7. The summed E-state index contributed by atoms with van der Waals surface area (Å²) in [6.45, 7) is 0. The van der Waals surface area contributed by atoms with Crippen LogP contribution in [0.15, 0.2) is 12.1 Å². The summed E-state index contributed by atoms with van der Waals surface area (Å²) in [6, 6.07) is -0.932. The largest absolute Gasteiger partial charge is 0.480 e. The summed E-state index contributed by atoms with van der Waals surface area (Å²) < 4.78 is 39.2. The molecule has 0 bridgehead atoms. The minimum Gasteiger partial charge on any atom is -0.480 e. The number of nitrogens with zero attached hydrogens (tertiary/aromatic N) is 1. The van der Waals surface area contributed by atoms with Gasteiger partial charge < -0.3 is 10.2 Å². The molecule has 1 heterocycles. The third-order valence-corrected chi connectivity index (χ3v) is 3.28. The molecule has 1 aromatic rings. The van der Waals surface area contributed by atoms with Crippen molar-refractivity contribution < 1.29 is 33.0 Å². The number of amides is 1. The van der Waals surface area contributed by atoms with E-state index in [9.17, 15) is 22.8 Å². The zero-order valence-corrected chi connectivity index (χ0v) is 10.0. The van der Waals surface area contributed by atoms with Crippen LogP contribution in [0.25, 0.3) is 0 Å². The van der Waals surface area contributed by atoms with Crippen LogP contribution in [0, 0.1) is 17.5 Å². The van der Waals surface area contributed by atoms with E-state index in [2.05, 4.69) is 0 Å². The van der Waals surface area contributed by atoms with Gasteiger partial charge in [0.05, 0.1) is 6.04 Å². The van der Waals surface area contributed by atoms with Crippen molar-refractivity contribution >= 4 is 12.1 Å². The van der Waals surface area contributed by atoms with Gasteiger partial charge in [-0.1, -0.05) is 0 Å². The zero-order valence-electron chi connectivity index (χ0n) is 10.0. The van der Waals surface area contributed by atoms with Crippen molar-refractivity contribution in [2.24, 2.45) is 0 Å². The van der Waals surface area contributed by atoms with E-state index in [1.165, 1.54) is 0 Å². The van der Waals surface area contributed by atoms with Gasteiger partial charge in [-0.3, -0.25) is 4.90 Å². The maximum atomic E-state index is 13.2. The lowest BCUT2D eigenvalue weighted by molar-refractivity contribution is -0.142. The Kier molecular flexibility index (Phi) is 3.56. The lowest BCUT2D eigenvalue weighted by Gasteiger charge is -2.25. The molecule has 2 N–H and O–H groups in total. The van der Waals surface area contributed by atoms with Gasteiger partial charge in [-0.25, -0.2) is 22.8 Å². The molecule has 8 heteroatoms. The fourth-order valence-corrected chi connectivity index (χ4v) is 2.41. The Morgan fingerprint density at radius 3 is 2.10 bits per heavy atom. The first-order valence-electron chi connectivity index (χ1n) is 5.71. The minimum atomic E-state index is -1.65. The second-order valence-electron chi connectivity index (χ2n) is 4.44. The van der Waals surface area contributed by atoms with Crippen molar-refractivity contribution in [1.82, 2.24) is 4.90 Å². The summed E-state index contributed by atoms with van der Waals surface area (Å²) in [5.41, 5.74) is -0.104. The molecule has 2 atom stereocenters. The van der Waals surface area contributed by atoms with Gasteiger partial charge in [-0.15, -0.1) is 0 Å². The molecule has 1 aromatic carbocycles. The van der Waals surface area contributed by atoms with Gasteiger partial charge in [0.2, 0.25) is 0 Å². The third kappa shape index (κ3) is 2.28. The van der Waals surface area contributed by atoms with E-state index in [4.69, 9.17) is 10.2 Å². The Bertz CT molecular complexity index is 555. The second kappa shape index (κ2) is 5.03. The molecule has 5 nitrogen and oxygen atoms in total. The number of carbonyl (C=O) groups is 2. The smallest absolute Gasteiger partial charge is 0.408 e. The average molecular weight is 289 g/mol. The standard InChI is InChI=1S/C12H10F3NO4/c13-6-3-5(4-7(14)10(6)15)8-1-2-9(11(17)18)16(8)12(19)20/h3-4,8-9H,1-2H2,(H,17,18)(H,19,20)/t8-,9+/m0/s1. The van der Waals surface area contributed by atoms with Gasteiger partial charge in [0.1, 0.15) is 6.04 Å². The molecule has 20 heavy (non-hydrogen) atoms. The Morgan fingerprint density at radius 2 is 1.65 bits per heavy atom. The monoisotopic (exact) mass is 289 g/mol. The number of benzene rings is 1. The van der Waals surface area contributed by atoms with E-state index in [1.54, 1.807) is 0 Å². The predicted molar refractivity (Wildman–Crippen MR) is 59.6 cm³/mol. The molecule has 2 rings (SSSR count). The molecule has 0 radical (unpaired) electrons. The van der Waals surface area contributed by atoms with Crippen molar-refractivity contribution in [3.8, 4) is 0 Å². The molecule has 108 valence electrons. The van der Waals surface area contributed by atoms with Crippen LogP contribution in [0.1, 0.15) is 24.4 Å². The van der Waals surface area contributed by atoms with Gasteiger partial charge in [0.25, 0.3) is 0 Å². The normalized spacial score (nSPS) is 22.1. The number of likely N-dealkylation sites (tertiary alicyclic amines) is 1. The average Bonchev–Trinajstić information content (AvgIpc) is 2.80. The molecule has 0 aliphatic carbocycles. The van der Waals surface area contributed by atoms with E-state index in [0.717, 1.165) is 0 Å². The number of hydrogen-bond donors (Lipinski definition) is 2. The van der Waals surface area contributed by atoms with Crippen molar-refractivity contribution in [3.05, 3.63) is 35.1 Å². The maximum Gasteiger partial charge on any atom is 0.408 e. The van der Waals surface area contributed by atoms with Gasteiger partial charge in [0, 0.05) is 0 Å². The number of carboxylic acids is 1. The molecular weight excluding hydrogens is 279 g/mol. The topological polar surface area (TPSA) is 77.8 Å². The second-order valence-corrected chi connectivity index (χ2v) is 4.44. The lowest BCUT2D eigenvalue weighted by Crippen LogP contribution is -2.41. The summed E-state index contributed by atoms with van der Waals surface area (Å²) >= 11 is 0. The molecular formula is C12H10F3NO4. The van der Waals surface area contributed by atoms with Gasteiger partial charge in [0.15, 0.2) is 17.5 Å². The number of carboxylic acid groups (broad SMARTS) is 2. The highest BCUT2D eigenvalue weighted by molar-refractivity contribution is 5.80. The van der Waals surface area contributed by atoms with Crippen molar-refractivity contribution in [2.45, 2.75) is 24.9 Å². The SMILES string of the molecule is O=C(O)[C@H]1CC[C@@H](c2cc(F)c(F)c(F)c2)N1C(=O)O. The Labute approximate surface area is 111 Å². The summed E-state index contributed by atoms with van der Waals surface area (Å²) in [6.07, 6.45) is -1.40. The quantitative estimate of drug-likeness (QED) is 0.819. The molecule has 0 spiro atoms. The summed E-state index contributed by atoms with van der Waals surface area (Å²) in [5.74, 6) is -5.87. The summed E-state index contributed by atoms with van der Waals surface area (Å²) in [7, 11) is 0. The first-order valence-corrected chi connectivity index (χ1v) is 5.71. The Morgan fingerprint density at radius 1 is 1.10 bits per heavy atom. The zero-order chi connectivity index (χ0) is 15.0. The Hall–Kier alpha value is -2.25. The van der Waals surface area contributed by atoms with E-state index >= 15 is 0 Å². The van der Waals surface area contributed by atoms with E-state index in [1.807, 2.05) is 0 Å². The highest BCUT2D eigenvalue weighted by atomic mass is 19.2. The Balaban J connectivity index is 2.42. The highest BCUT2D eigenvalue weighted by Crippen LogP contribution is 2.37. The van der Waals surface area contributed by atoms with Crippen LogP contribution in [0.5, 0.6) is 0 Å². The predicted octanol–water partition coefficient (Wildman–Crippen LogP) is 2.37. The minimum absolute atomic E-state index is 0.0207. The van der Waals surface area contributed by atoms with Crippen LogP contribution in [-0.2, 0) is 4.79 Å². The molecule has 0 saturated carbocycles. The first kappa shape index (κ1) is 14.2. The first-order chi connectivity index (χ1) is 9.32. The lowest BCUT2D eigenvalue weighted by atomic mass is 10.0. The molecule has 0 unspecified atom stereocenters. The highest BCUT2D eigenvalue weighted by Gasteiger charge is 2.42. The molecule has 1 amide bonds. The van der Waals surface area contributed by atoms with E-state index in [0.29, 0.717) is 17.0 Å². The van der Waals surface area contributed by atoms with E-state index in [-0.39, 0.29) is 18.4 Å². The van der Waals surface area contributed by atoms with Crippen molar-refractivity contribution in [1.29, 1.82) is 0 Å². The van der Waals surface area contributed by atoms with Gasteiger partial charge >= 0.3 is 12.1 Å². The van der Waals surface area contributed by atoms with Crippen LogP contribution < -0.4 is 0 Å². The summed E-state index contributed by atoms with van der Waals surface area (Å²) in [5, 5.41) is 18.0. The number of rotatable bonds is 2. The molecule has 0 aromatic heterocycles. The van der Waals surface area contributed by atoms with Crippen LogP contribution in [0.3, 0.4) is 0 Å². The number of halogens is 3. The van der Waals surface area contributed by atoms with Crippen molar-refractivity contribution in [2.75, 3.05) is 0 Å². The van der Waals surface area contributed by atoms with Crippen LogP contribution in [-0.4, -0.2) is 33.2 Å². The van der Waals surface area contributed by atoms with E-state index < -0.39 is 41.6 Å². The van der Waals surface area contributed by atoms with Gasteiger partial charge in [-0.2, -0.15) is 0 Å². The number of aliphatic carboxylic acids is 1. The van der Waals surface area contributed by atoms with Crippen LogP contribution >= 0.6 is 0 Å². The third-order valence-electron chi connectivity index (χ3n) is 3.28. The van der Waals surface area contributed by atoms with Gasteiger partial charge in [-0.05, 0) is 30.5 Å². The van der Waals surface area contributed by atoms with Crippen molar-refractivity contribution in [3.63, 3.8) is 0 Å². The molecule has 1 saturated heterocycles. The number of hydrogen-bond acceptors (Lipinski definition) is 2. The fraction of sp³-hybridized carbons (Fsp3) is 0.333. The van der Waals surface area contributed by atoms with Crippen LogP contribution in [0.4, 0.5) is 18.0 Å². The van der Waals surface area contributed by atoms with Crippen LogP contribution in [0.2, 0.25) is 0 Å². The fourth-order valence-electron chi connectivity index (χ4n) is 2.41. The molecule has 1 aliphatic rings.